The van der Waals surface area contributed by atoms with E-state index in [1.54, 1.807) is 0 Å². The number of carboxylic acids is 1. The lowest BCUT2D eigenvalue weighted by Gasteiger charge is -2.28. The van der Waals surface area contributed by atoms with Crippen LogP contribution in [0.3, 0.4) is 0 Å². The minimum Gasteiger partial charge on any atom is -0.480 e. The number of aliphatic carboxylic acids is 1. The molecule has 4 rings (SSSR count). The molecule has 2 aliphatic rings. The smallest absolute Gasteiger partial charge is 0.407 e. The molecule has 1 saturated carbocycles. The second kappa shape index (κ2) is 11.4. The number of amides is 2. The monoisotopic (exact) mass is 478 g/mol. The summed E-state index contributed by atoms with van der Waals surface area (Å²) in [5.74, 6) is -1.44. The van der Waals surface area contributed by atoms with Crippen LogP contribution in [0.15, 0.2) is 48.5 Å². The third-order valence-corrected chi connectivity index (χ3v) is 7.29. The Morgan fingerprint density at radius 2 is 1.54 bits per heavy atom. The third-order valence-electron chi connectivity index (χ3n) is 7.29. The number of fused-ring (bicyclic) bond motifs is 3. The standard InChI is InChI=1S/C28H34N2O5/c1-2-19(16-25(31)30-26(27(32)33)18-10-4-3-5-11-18)29-28(34)35-17-24-22-14-8-6-12-20(22)21-13-7-9-15-23(21)24/h6-9,12-15,18-19,24,26H,2-5,10-11,16-17H2,1H3,(H,29,34)(H,30,31)(H,32,33)/t19-,26?/m0/s1. The first-order chi connectivity index (χ1) is 17.0. The molecule has 0 radical (unpaired) electrons. The fourth-order valence-corrected chi connectivity index (χ4v) is 5.41. The number of hydrogen-bond acceptors (Lipinski definition) is 4. The molecule has 0 saturated heterocycles. The van der Waals surface area contributed by atoms with E-state index in [1.807, 2.05) is 31.2 Å². The SMILES string of the molecule is CC[C@@H](CC(=O)NC(C(=O)O)C1CCCCC1)NC(=O)OCC1c2ccccc2-c2ccccc21. The van der Waals surface area contributed by atoms with Gasteiger partial charge in [0.2, 0.25) is 5.91 Å². The molecule has 3 N–H and O–H groups in total. The van der Waals surface area contributed by atoms with E-state index in [2.05, 4.69) is 34.9 Å². The highest BCUT2D eigenvalue weighted by molar-refractivity contribution is 5.84. The van der Waals surface area contributed by atoms with Gasteiger partial charge in [0.05, 0.1) is 0 Å². The lowest BCUT2D eigenvalue weighted by atomic mass is 9.84. The highest BCUT2D eigenvalue weighted by atomic mass is 16.5. The quantitative estimate of drug-likeness (QED) is 0.478. The first-order valence-electron chi connectivity index (χ1n) is 12.6. The molecule has 35 heavy (non-hydrogen) atoms. The van der Waals surface area contributed by atoms with Gasteiger partial charge in [-0.2, -0.15) is 0 Å². The van der Waals surface area contributed by atoms with Crippen molar-refractivity contribution in [3.8, 4) is 11.1 Å². The van der Waals surface area contributed by atoms with Crippen LogP contribution in [-0.2, 0) is 14.3 Å². The van der Waals surface area contributed by atoms with Crippen LogP contribution in [0.2, 0.25) is 0 Å². The molecule has 2 aromatic rings. The lowest BCUT2D eigenvalue weighted by molar-refractivity contribution is -0.144. The van der Waals surface area contributed by atoms with Gasteiger partial charge in [-0.25, -0.2) is 9.59 Å². The second-order valence-electron chi connectivity index (χ2n) is 9.56. The number of nitrogens with one attached hydrogen (secondary N) is 2. The van der Waals surface area contributed by atoms with Gasteiger partial charge in [0, 0.05) is 18.4 Å². The number of ether oxygens (including phenoxy) is 1. The van der Waals surface area contributed by atoms with Gasteiger partial charge in [-0.05, 0) is 47.4 Å². The molecule has 2 aliphatic carbocycles. The fourth-order valence-electron chi connectivity index (χ4n) is 5.41. The molecular weight excluding hydrogens is 444 g/mol. The van der Waals surface area contributed by atoms with Crippen LogP contribution in [0.5, 0.6) is 0 Å². The summed E-state index contributed by atoms with van der Waals surface area (Å²) >= 11 is 0. The van der Waals surface area contributed by atoms with Crippen molar-refractivity contribution < 1.29 is 24.2 Å². The van der Waals surface area contributed by atoms with Gasteiger partial charge in [-0.15, -0.1) is 0 Å². The Morgan fingerprint density at radius 1 is 0.943 bits per heavy atom. The predicted molar refractivity (Wildman–Crippen MR) is 133 cm³/mol. The van der Waals surface area contributed by atoms with Crippen LogP contribution >= 0.6 is 0 Å². The molecule has 0 spiro atoms. The maximum absolute atomic E-state index is 12.6. The summed E-state index contributed by atoms with van der Waals surface area (Å²) in [4.78, 5) is 37.0. The van der Waals surface area contributed by atoms with E-state index >= 15 is 0 Å². The molecule has 0 aromatic heterocycles. The van der Waals surface area contributed by atoms with Crippen LogP contribution in [0.1, 0.15) is 68.9 Å². The summed E-state index contributed by atoms with van der Waals surface area (Å²) in [6.45, 7) is 2.07. The summed E-state index contributed by atoms with van der Waals surface area (Å²) in [7, 11) is 0. The predicted octanol–water partition coefficient (Wildman–Crippen LogP) is 4.84. The Labute approximate surface area is 206 Å². The molecule has 7 heteroatoms. The van der Waals surface area contributed by atoms with Crippen LogP contribution in [0, 0.1) is 5.92 Å². The highest BCUT2D eigenvalue weighted by Gasteiger charge is 2.32. The average molecular weight is 479 g/mol. The largest absolute Gasteiger partial charge is 0.480 e. The molecule has 0 heterocycles. The summed E-state index contributed by atoms with van der Waals surface area (Å²) in [6, 6.07) is 15.0. The summed E-state index contributed by atoms with van der Waals surface area (Å²) < 4.78 is 5.59. The molecule has 1 unspecified atom stereocenters. The molecule has 7 nitrogen and oxygen atoms in total. The Bertz CT molecular complexity index is 1020. The van der Waals surface area contributed by atoms with Crippen molar-refractivity contribution in [3.63, 3.8) is 0 Å². The van der Waals surface area contributed by atoms with Crippen molar-refractivity contribution in [1.29, 1.82) is 0 Å². The molecule has 0 bridgehead atoms. The van der Waals surface area contributed by atoms with E-state index in [4.69, 9.17) is 4.74 Å². The number of hydrogen-bond donors (Lipinski definition) is 3. The minimum absolute atomic E-state index is 0.0111. The van der Waals surface area contributed by atoms with Gasteiger partial charge >= 0.3 is 12.1 Å². The summed E-state index contributed by atoms with van der Waals surface area (Å²) in [6.07, 6.45) is 4.68. The number of carboxylic acid groups (broad SMARTS) is 1. The molecular formula is C28H34N2O5. The average Bonchev–Trinajstić information content (AvgIpc) is 3.19. The van der Waals surface area contributed by atoms with Crippen molar-refractivity contribution in [2.45, 2.75) is 69.9 Å². The van der Waals surface area contributed by atoms with E-state index in [9.17, 15) is 19.5 Å². The van der Waals surface area contributed by atoms with Crippen LogP contribution < -0.4 is 10.6 Å². The van der Waals surface area contributed by atoms with Crippen molar-refractivity contribution >= 4 is 18.0 Å². The Hall–Kier alpha value is -3.35. The Morgan fingerprint density at radius 3 is 2.11 bits per heavy atom. The van der Waals surface area contributed by atoms with Crippen molar-refractivity contribution in [3.05, 3.63) is 59.7 Å². The van der Waals surface area contributed by atoms with E-state index in [1.165, 1.54) is 0 Å². The minimum atomic E-state index is -0.997. The Kier molecular flexibility index (Phi) is 8.06. The van der Waals surface area contributed by atoms with Crippen molar-refractivity contribution in [1.82, 2.24) is 10.6 Å². The molecule has 2 aromatic carbocycles. The molecule has 186 valence electrons. The number of carbonyl (C=O) groups excluding carboxylic acids is 2. The topological polar surface area (TPSA) is 105 Å². The maximum atomic E-state index is 12.6. The number of benzene rings is 2. The van der Waals surface area contributed by atoms with Crippen molar-refractivity contribution in [2.24, 2.45) is 5.92 Å². The van der Waals surface area contributed by atoms with E-state index in [-0.39, 0.29) is 30.8 Å². The first-order valence-corrected chi connectivity index (χ1v) is 12.6. The summed E-state index contributed by atoms with van der Waals surface area (Å²) in [5.41, 5.74) is 4.59. The van der Waals surface area contributed by atoms with Gasteiger partial charge < -0.3 is 20.5 Å². The molecule has 2 atom stereocenters. The van der Waals surface area contributed by atoms with Crippen LogP contribution in [0.25, 0.3) is 11.1 Å². The normalized spacial score (nSPS) is 17.1. The van der Waals surface area contributed by atoms with Crippen molar-refractivity contribution in [2.75, 3.05) is 6.61 Å². The first kappa shape index (κ1) is 24.8. The number of alkyl carbamates (subject to hydrolysis) is 1. The molecule has 2 amide bonds. The third kappa shape index (κ3) is 5.84. The fraction of sp³-hybridized carbons (Fsp3) is 0.464. The van der Waals surface area contributed by atoms with Crippen LogP contribution in [0.4, 0.5) is 4.79 Å². The van der Waals surface area contributed by atoms with Gasteiger partial charge in [-0.3, -0.25) is 4.79 Å². The number of carbonyl (C=O) groups is 3. The molecule has 0 aliphatic heterocycles. The van der Waals surface area contributed by atoms with Gasteiger partial charge in [0.15, 0.2) is 0 Å². The van der Waals surface area contributed by atoms with E-state index in [0.29, 0.717) is 6.42 Å². The van der Waals surface area contributed by atoms with Gasteiger partial charge in [0.1, 0.15) is 12.6 Å². The van der Waals surface area contributed by atoms with Crippen LogP contribution in [-0.4, -0.2) is 41.8 Å². The maximum Gasteiger partial charge on any atom is 0.407 e. The van der Waals surface area contributed by atoms with E-state index < -0.39 is 24.1 Å². The number of rotatable bonds is 9. The Balaban J connectivity index is 1.31. The second-order valence-corrected chi connectivity index (χ2v) is 9.56. The summed E-state index contributed by atoms with van der Waals surface area (Å²) in [5, 5.41) is 15.1. The highest BCUT2D eigenvalue weighted by Crippen LogP contribution is 2.44. The molecule has 1 fully saturated rings. The zero-order chi connectivity index (χ0) is 24.8. The zero-order valence-corrected chi connectivity index (χ0v) is 20.2. The van der Waals surface area contributed by atoms with E-state index in [0.717, 1.165) is 54.4 Å². The van der Waals surface area contributed by atoms with Gasteiger partial charge in [-0.1, -0.05) is 74.7 Å². The van der Waals surface area contributed by atoms with Gasteiger partial charge in [0.25, 0.3) is 0 Å². The lowest BCUT2D eigenvalue weighted by Crippen LogP contribution is -2.48. The zero-order valence-electron chi connectivity index (χ0n) is 20.2.